The Balaban J connectivity index is 0.00000341. The highest BCUT2D eigenvalue weighted by Crippen LogP contribution is 2.25. The lowest BCUT2D eigenvalue weighted by Crippen LogP contribution is -3.00. The van der Waals surface area contributed by atoms with Crippen molar-refractivity contribution in [2.75, 3.05) is 39.3 Å². The molecule has 1 aliphatic heterocycles. The zero-order chi connectivity index (χ0) is 21.4. The maximum Gasteiger partial charge on any atom is 0.415 e. The molecule has 0 bridgehead atoms. The molecule has 0 radical (unpaired) electrons. The summed E-state index contributed by atoms with van der Waals surface area (Å²) in [5, 5.41) is 0. The molecule has 1 fully saturated rings. The molecule has 2 aromatic rings. The zero-order valence-corrected chi connectivity index (χ0v) is 21.1. The molecule has 6 heteroatoms. The lowest BCUT2D eigenvalue weighted by molar-refractivity contribution is -0.926. The van der Waals surface area contributed by atoms with E-state index in [2.05, 4.69) is 20.8 Å². The van der Waals surface area contributed by atoms with Crippen molar-refractivity contribution in [1.82, 2.24) is 4.90 Å². The third-order valence-electron chi connectivity index (χ3n) is 6.54. The highest BCUT2D eigenvalue weighted by molar-refractivity contribution is 5.70. The van der Waals surface area contributed by atoms with E-state index < -0.39 is 0 Å². The van der Waals surface area contributed by atoms with Crippen LogP contribution in [-0.4, -0.2) is 54.7 Å². The number of halogens is 1. The number of quaternary nitrogens is 1. The minimum atomic E-state index is -0.257. The van der Waals surface area contributed by atoms with Gasteiger partial charge in [0, 0.05) is 19.0 Å². The van der Waals surface area contributed by atoms with Gasteiger partial charge in [-0.2, -0.15) is 0 Å². The molecule has 0 aliphatic carbocycles. The number of benzene rings is 2. The van der Waals surface area contributed by atoms with Crippen LogP contribution in [0.4, 0.5) is 4.79 Å². The van der Waals surface area contributed by atoms with Gasteiger partial charge in [0.25, 0.3) is 0 Å². The first-order chi connectivity index (χ1) is 14.6. The molecule has 0 aromatic heterocycles. The van der Waals surface area contributed by atoms with E-state index in [-0.39, 0.29) is 30.1 Å². The smallest absolute Gasteiger partial charge is 0.415 e. The van der Waals surface area contributed by atoms with Crippen molar-refractivity contribution in [1.29, 1.82) is 0 Å². The standard InChI is InChI=1S/C25H35N2O3.HI/c1-4-27(5-2,6-3)20-21-16-18-26(19-17-21)25(28)30-24-14-12-23(13-15-24)29-22-10-8-7-9-11-22;/h7-15,21H,4-6,16-20H2,1-3H3;1H/q+1;/p-1. The molecule has 0 N–H and O–H groups in total. The minimum Gasteiger partial charge on any atom is -1.00 e. The van der Waals surface area contributed by atoms with Gasteiger partial charge >= 0.3 is 6.09 Å². The van der Waals surface area contributed by atoms with Gasteiger partial charge in [0.15, 0.2) is 0 Å². The lowest BCUT2D eigenvalue weighted by atomic mass is 9.95. The van der Waals surface area contributed by atoms with Crippen LogP contribution in [0.15, 0.2) is 54.6 Å². The van der Waals surface area contributed by atoms with Crippen LogP contribution in [0.3, 0.4) is 0 Å². The predicted molar refractivity (Wildman–Crippen MR) is 120 cm³/mol. The summed E-state index contributed by atoms with van der Waals surface area (Å²) in [6.45, 7) is 13.2. The number of ether oxygens (including phenoxy) is 2. The average Bonchev–Trinajstić information content (AvgIpc) is 2.80. The molecule has 31 heavy (non-hydrogen) atoms. The summed E-state index contributed by atoms with van der Waals surface area (Å²) in [6, 6.07) is 16.8. The second-order valence-electron chi connectivity index (χ2n) is 8.16. The molecule has 170 valence electrons. The van der Waals surface area contributed by atoms with E-state index in [9.17, 15) is 4.79 Å². The van der Waals surface area contributed by atoms with Crippen molar-refractivity contribution < 1.29 is 42.7 Å². The van der Waals surface area contributed by atoms with Crippen LogP contribution in [0.25, 0.3) is 0 Å². The Labute approximate surface area is 203 Å². The molecule has 1 saturated heterocycles. The number of rotatable bonds is 8. The first-order valence-electron chi connectivity index (χ1n) is 11.2. The minimum absolute atomic E-state index is 0. The van der Waals surface area contributed by atoms with Gasteiger partial charge in [0.05, 0.1) is 26.2 Å². The predicted octanol–water partition coefficient (Wildman–Crippen LogP) is 2.57. The number of para-hydroxylation sites is 1. The van der Waals surface area contributed by atoms with Crippen LogP contribution < -0.4 is 33.5 Å². The van der Waals surface area contributed by atoms with Gasteiger partial charge in [0.1, 0.15) is 17.2 Å². The Morgan fingerprint density at radius 2 is 1.39 bits per heavy atom. The summed E-state index contributed by atoms with van der Waals surface area (Å²) < 4.78 is 12.5. The number of amides is 1. The second-order valence-corrected chi connectivity index (χ2v) is 8.16. The lowest BCUT2D eigenvalue weighted by Gasteiger charge is -2.41. The Morgan fingerprint density at radius 1 is 0.871 bits per heavy atom. The van der Waals surface area contributed by atoms with Gasteiger partial charge in [-0.25, -0.2) is 4.79 Å². The van der Waals surface area contributed by atoms with Crippen LogP contribution in [-0.2, 0) is 0 Å². The number of nitrogens with zero attached hydrogens (tertiary/aromatic N) is 2. The van der Waals surface area contributed by atoms with E-state index in [4.69, 9.17) is 9.47 Å². The average molecular weight is 538 g/mol. The number of piperidine rings is 1. The van der Waals surface area contributed by atoms with E-state index in [0.717, 1.165) is 31.7 Å². The van der Waals surface area contributed by atoms with E-state index in [1.807, 2.05) is 47.4 Å². The Bertz CT molecular complexity index is 778. The number of hydrogen-bond donors (Lipinski definition) is 0. The normalized spacial score (nSPS) is 14.6. The van der Waals surface area contributed by atoms with E-state index in [0.29, 0.717) is 17.4 Å². The van der Waals surface area contributed by atoms with E-state index >= 15 is 0 Å². The van der Waals surface area contributed by atoms with E-state index in [1.54, 1.807) is 12.1 Å². The van der Waals surface area contributed by atoms with Gasteiger partial charge in [-0.3, -0.25) is 0 Å². The molecule has 0 atom stereocenters. The number of likely N-dealkylation sites (tertiary alicyclic amines) is 1. The van der Waals surface area contributed by atoms with Crippen LogP contribution in [0.2, 0.25) is 0 Å². The fourth-order valence-corrected chi connectivity index (χ4v) is 4.27. The van der Waals surface area contributed by atoms with Crippen molar-refractivity contribution in [3.05, 3.63) is 54.6 Å². The van der Waals surface area contributed by atoms with Crippen LogP contribution in [0.1, 0.15) is 33.6 Å². The largest absolute Gasteiger partial charge is 1.00 e. The molecular formula is C25H35IN2O3. The molecule has 0 unspecified atom stereocenters. The topological polar surface area (TPSA) is 38.8 Å². The summed E-state index contributed by atoms with van der Waals surface area (Å²) in [7, 11) is 0. The first-order valence-corrected chi connectivity index (χ1v) is 11.2. The molecule has 1 heterocycles. The van der Waals surface area contributed by atoms with Crippen molar-refractivity contribution in [3.8, 4) is 17.2 Å². The molecule has 1 amide bonds. The number of hydrogen-bond acceptors (Lipinski definition) is 3. The Morgan fingerprint density at radius 3 is 1.94 bits per heavy atom. The fraction of sp³-hybridized carbons (Fsp3) is 0.480. The third kappa shape index (κ3) is 7.10. The molecule has 3 rings (SSSR count). The third-order valence-corrected chi connectivity index (χ3v) is 6.54. The molecular weight excluding hydrogens is 503 g/mol. The van der Waals surface area contributed by atoms with Gasteiger partial charge in [-0.15, -0.1) is 0 Å². The molecule has 0 saturated carbocycles. The zero-order valence-electron chi connectivity index (χ0n) is 18.9. The van der Waals surface area contributed by atoms with Crippen molar-refractivity contribution in [2.24, 2.45) is 5.92 Å². The number of carbonyl (C=O) groups is 1. The maximum absolute atomic E-state index is 12.6. The Kier molecular flexibility index (Phi) is 10.1. The maximum atomic E-state index is 12.6. The van der Waals surface area contributed by atoms with Crippen LogP contribution >= 0.6 is 0 Å². The van der Waals surface area contributed by atoms with Crippen molar-refractivity contribution in [2.45, 2.75) is 33.6 Å². The van der Waals surface area contributed by atoms with Crippen LogP contribution in [0.5, 0.6) is 17.2 Å². The monoisotopic (exact) mass is 538 g/mol. The molecule has 5 nitrogen and oxygen atoms in total. The van der Waals surface area contributed by atoms with Crippen LogP contribution in [0, 0.1) is 5.92 Å². The summed E-state index contributed by atoms with van der Waals surface area (Å²) in [6.07, 6.45) is 1.85. The fourth-order valence-electron chi connectivity index (χ4n) is 4.27. The SMILES string of the molecule is CC[N+](CC)(CC)CC1CCN(C(=O)Oc2ccc(Oc3ccccc3)cc2)CC1.[I-]. The molecule has 1 aliphatic rings. The highest BCUT2D eigenvalue weighted by atomic mass is 127. The van der Waals surface area contributed by atoms with Crippen molar-refractivity contribution >= 4 is 6.09 Å². The second kappa shape index (κ2) is 12.3. The number of carbonyl (C=O) groups excluding carboxylic acids is 1. The Hall–Kier alpha value is -1.80. The summed E-state index contributed by atoms with van der Waals surface area (Å²) in [5.74, 6) is 2.72. The van der Waals surface area contributed by atoms with Gasteiger partial charge in [-0.1, -0.05) is 18.2 Å². The quantitative estimate of drug-likeness (QED) is 0.383. The van der Waals surface area contributed by atoms with E-state index in [1.165, 1.54) is 30.7 Å². The summed E-state index contributed by atoms with van der Waals surface area (Å²) >= 11 is 0. The van der Waals surface area contributed by atoms with Gasteiger partial charge < -0.3 is 42.8 Å². The van der Waals surface area contributed by atoms with Gasteiger partial charge in [0.2, 0.25) is 0 Å². The summed E-state index contributed by atoms with van der Waals surface area (Å²) in [4.78, 5) is 14.4. The molecule has 0 spiro atoms. The molecule has 2 aromatic carbocycles. The first kappa shape index (κ1) is 25.5. The van der Waals surface area contributed by atoms with Gasteiger partial charge in [-0.05, 0) is 70.0 Å². The van der Waals surface area contributed by atoms with Crippen molar-refractivity contribution in [3.63, 3.8) is 0 Å². The highest BCUT2D eigenvalue weighted by Gasteiger charge is 2.30. The summed E-state index contributed by atoms with van der Waals surface area (Å²) in [5.41, 5.74) is 0.